The van der Waals surface area contributed by atoms with Gasteiger partial charge in [-0.25, -0.2) is 0 Å². The maximum Gasteiger partial charge on any atom is 0.0918 e. The third kappa shape index (κ3) is 1.29. The molecule has 1 rings (SSSR count). The Morgan fingerprint density at radius 1 is 1.30 bits per heavy atom. The molecule has 0 aromatic carbocycles. The highest BCUT2D eigenvalue weighted by molar-refractivity contribution is 7.81. The van der Waals surface area contributed by atoms with Gasteiger partial charge in [-0.2, -0.15) is 12.6 Å². The van der Waals surface area contributed by atoms with Gasteiger partial charge in [-0.3, -0.25) is 0 Å². The van der Waals surface area contributed by atoms with Crippen molar-refractivity contribution in [3.8, 4) is 0 Å². The van der Waals surface area contributed by atoms with Gasteiger partial charge in [0.15, 0.2) is 0 Å². The Bertz CT molecular complexity index is 120. The standard InChI is InChI=1S/C6H12O3S/c7-2-3-1-4(10)6(9)5(3)8/h3-10H,1-2H2. The monoisotopic (exact) mass is 164 g/mol. The Morgan fingerprint density at radius 3 is 2.10 bits per heavy atom. The quantitative estimate of drug-likeness (QED) is 0.377. The normalized spacial score (nSPS) is 48.0. The van der Waals surface area contributed by atoms with E-state index >= 15 is 0 Å². The van der Waals surface area contributed by atoms with Crippen LogP contribution in [0.25, 0.3) is 0 Å². The van der Waals surface area contributed by atoms with Gasteiger partial charge < -0.3 is 15.3 Å². The molecule has 0 aliphatic heterocycles. The molecule has 0 radical (unpaired) electrons. The van der Waals surface area contributed by atoms with Gasteiger partial charge in [0.25, 0.3) is 0 Å². The van der Waals surface area contributed by atoms with E-state index in [1.54, 1.807) is 0 Å². The zero-order valence-corrected chi connectivity index (χ0v) is 6.41. The van der Waals surface area contributed by atoms with Crippen LogP contribution in [-0.2, 0) is 0 Å². The average molecular weight is 164 g/mol. The Balaban J connectivity index is 2.53. The Morgan fingerprint density at radius 2 is 1.90 bits per heavy atom. The van der Waals surface area contributed by atoms with E-state index < -0.39 is 12.2 Å². The van der Waals surface area contributed by atoms with Crippen LogP contribution < -0.4 is 0 Å². The summed E-state index contributed by atoms with van der Waals surface area (Å²) in [5.74, 6) is -0.197. The third-order valence-corrected chi connectivity index (χ3v) is 2.52. The summed E-state index contributed by atoms with van der Waals surface area (Å²) in [5, 5.41) is 26.8. The van der Waals surface area contributed by atoms with E-state index in [0.717, 1.165) is 0 Å². The molecule has 4 heteroatoms. The number of thiol groups is 1. The lowest BCUT2D eigenvalue weighted by Crippen LogP contribution is -2.29. The van der Waals surface area contributed by atoms with Crippen LogP contribution in [0, 0.1) is 5.92 Å². The van der Waals surface area contributed by atoms with Crippen molar-refractivity contribution in [1.29, 1.82) is 0 Å². The summed E-state index contributed by atoms with van der Waals surface area (Å²) in [6, 6.07) is 0. The van der Waals surface area contributed by atoms with Gasteiger partial charge >= 0.3 is 0 Å². The lowest BCUT2D eigenvalue weighted by Gasteiger charge is -2.13. The molecule has 0 aromatic heterocycles. The summed E-state index contributed by atoms with van der Waals surface area (Å²) in [7, 11) is 0. The highest BCUT2D eigenvalue weighted by Crippen LogP contribution is 2.29. The minimum Gasteiger partial charge on any atom is -0.396 e. The van der Waals surface area contributed by atoms with Gasteiger partial charge in [-0.05, 0) is 6.42 Å². The highest BCUT2D eigenvalue weighted by atomic mass is 32.1. The molecule has 4 unspecified atom stereocenters. The van der Waals surface area contributed by atoms with E-state index in [2.05, 4.69) is 12.6 Å². The second-order valence-electron chi connectivity index (χ2n) is 2.73. The summed E-state index contributed by atoms with van der Waals surface area (Å²) < 4.78 is 0. The fourth-order valence-corrected chi connectivity index (χ4v) is 1.73. The molecule has 0 aromatic rings. The van der Waals surface area contributed by atoms with Crippen molar-refractivity contribution in [2.45, 2.75) is 23.9 Å². The van der Waals surface area contributed by atoms with E-state index in [9.17, 15) is 0 Å². The minimum absolute atomic E-state index is 0.0741. The maximum atomic E-state index is 9.17. The molecule has 0 heterocycles. The van der Waals surface area contributed by atoms with Gasteiger partial charge in [0.1, 0.15) is 0 Å². The van der Waals surface area contributed by atoms with E-state index in [-0.39, 0.29) is 17.8 Å². The largest absolute Gasteiger partial charge is 0.396 e. The molecule has 60 valence electrons. The van der Waals surface area contributed by atoms with Gasteiger partial charge in [0, 0.05) is 17.8 Å². The summed E-state index contributed by atoms with van der Waals surface area (Å²) >= 11 is 4.04. The van der Waals surface area contributed by atoms with Crippen LogP contribution in [0.15, 0.2) is 0 Å². The number of aliphatic hydroxyl groups is 3. The summed E-state index contributed by atoms with van der Waals surface area (Å²) in [6.07, 6.45) is -0.991. The predicted octanol–water partition coefficient (Wildman–Crippen LogP) is -0.981. The zero-order valence-electron chi connectivity index (χ0n) is 5.51. The van der Waals surface area contributed by atoms with E-state index in [4.69, 9.17) is 15.3 Å². The molecule has 0 saturated heterocycles. The Hall–Kier alpha value is 0.230. The predicted molar refractivity (Wildman–Crippen MR) is 40.0 cm³/mol. The molecule has 10 heavy (non-hydrogen) atoms. The number of rotatable bonds is 1. The molecule has 3 N–H and O–H groups in total. The third-order valence-electron chi connectivity index (χ3n) is 2.01. The fraction of sp³-hybridized carbons (Fsp3) is 1.00. The molecule has 3 nitrogen and oxygen atoms in total. The molecule has 1 aliphatic carbocycles. The van der Waals surface area contributed by atoms with Gasteiger partial charge in [0.2, 0.25) is 0 Å². The van der Waals surface area contributed by atoms with Crippen LogP contribution >= 0.6 is 12.6 Å². The SMILES string of the molecule is OCC1CC(S)C(O)C1O. The lowest BCUT2D eigenvalue weighted by molar-refractivity contribution is 0.00820. The van der Waals surface area contributed by atoms with Crippen molar-refractivity contribution in [2.24, 2.45) is 5.92 Å². The first-order valence-electron chi connectivity index (χ1n) is 3.32. The van der Waals surface area contributed by atoms with Crippen molar-refractivity contribution < 1.29 is 15.3 Å². The summed E-state index contributed by atoms with van der Waals surface area (Å²) in [5.41, 5.74) is 0. The van der Waals surface area contributed by atoms with Gasteiger partial charge in [-0.1, -0.05) is 0 Å². The second-order valence-corrected chi connectivity index (χ2v) is 3.39. The molecule has 4 atom stereocenters. The number of hydrogen-bond acceptors (Lipinski definition) is 4. The smallest absolute Gasteiger partial charge is 0.0918 e. The molecule has 1 saturated carbocycles. The van der Waals surface area contributed by atoms with Crippen molar-refractivity contribution >= 4 is 12.6 Å². The first kappa shape index (κ1) is 8.33. The molecule has 1 aliphatic rings. The molecule has 0 bridgehead atoms. The lowest BCUT2D eigenvalue weighted by atomic mass is 10.1. The number of aliphatic hydroxyl groups excluding tert-OH is 3. The maximum absolute atomic E-state index is 9.17. The van der Waals surface area contributed by atoms with Crippen molar-refractivity contribution in [2.75, 3.05) is 6.61 Å². The Labute approximate surface area is 65.1 Å². The molecular formula is C6H12O3S. The minimum atomic E-state index is -0.799. The van der Waals surface area contributed by atoms with Crippen LogP contribution in [0.4, 0.5) is 0 Å². The molecular weight excluding hydrogens is 152 g/mol. The van der Waals surface area contributed by atoms with Gasteiger partial charge in [0.05, 0.1) is 12.2 Å². The van der Waals surface area contributed by atoms with Crippen molar-refractivity contribution in [3.63, 3.8) is 0 Å². The first-order chi connectivity index (χ1) is 4.66. The molecule has 0 spiro atoms. The van der Waals surface area contributed by atoms with E-state index in [1.807, 2.05) is 0 Å². The Kier molecular flexibility index (Phi) is 2.57. The van der Waals surface area contributed by atoms with E-state index in [1.165, 1.54) is 0 Å². The summed E-state index contributed by atoms with van der Waals surface area (Å²) in [4.78, 5) is 0. The highest BCUT2D eigenvalue weighted by Gasteiger charge is 2.38. The van der Waals surface area contributed by atoms with Gasteiger partial charge in [-0.15, -0.1) is 0 Å². The van der Waals surface area contributed by atoms with E-state index in [0.29, 0.717) is 6.42 Å². The number of hydrogen-bond donors (Lipinski definition) is 4. The zero-order chi connectivity index (χ0) is 7.72. The van der Waals surface area contributed by atoms with Crippen molar-refractivity contribution in [1.82, 2.24) is 0 Å². The van der Waals surface area contributed by atoms with Crippen LogP contribution in [0.5, 0.6) is 0 Å². The first-order valence-corrected chi connectivity index (χ1v) is 3.83. The van der Waals surface area contributed by atoms with Crippen LogP contribution in [0.3, 0.4) is 0 Å². The van der Waals surface area contributed by atoms with Crippen LogP contribution in [-0.4, -0.2) is 39.4 Å². The van der Waals surface area contributed by atoms with Crippen LogP contribution in [0.2, 0.25) is 0 Å². The van der Waals surface area contributed by atoms with Crippen molar-refractivity contribution in [3.05, 3.63) is 0 Å². The topological polar surface area (TPSA) is 60.7 Å². The summed E-state index contributed by atoms with van der Waals surface area (Å²) in [6.45, 7) is -0.0741. The fourth-order valence-electron chi connectivity index (χ4n) is 1.28. The molecule has 1 fully saturated rings. The molecule has 0 amide bonds. The average Bonchev–Trinajstić information content (AvgIpc) is 2.17. The van der Waals surface area contributed by atoms with Crippen LogP contribution in [0.1, 0.15) is 6.42 Å². The second kappa shape index (κ2) is 3.09.